The van der Waals surface area contributed by atoms with E-state index >= 15 is 0 Å². The van der Waals surface area contributed by atoms with Gasteiger partial charge in [0.1, 0.15) is 5.75 Å². The molecule has 0 atom stereocenters. The van der Waals surface area contributed by atoms with Gasteiger partial charge in [-0.3, -0.25) is 9.78 Å². The van der Waals surface area contributed by atoms with Gasteiger partial charge < -0.3 is 15.5 Å². The van der Waals surface area contributed by atoms with Crippen LogP contribution >= 0.6 is 11.8 Å². The fourth-order valence-corrected chi connectivity index (χ4v) is 2.67. The van der Waals surface area contributed by atoms with Gasteiger partial charge in [0.2, 0.25) is 0 Å². The fraction of sp³-hybridized carbons (Fsp3) is 0.154. The number of ketones is 1. The standard InChI is InChI=1S/C13H13N3O2S/c1-8(17)9(5-14)13-16-7-12(19-13)10-6-15-4-3-11(10)18-2/h3-7,14,16H,1-2H3/b13-9-,14-5?. The summed E-state index contributed by atoms with van der Waals surface area (Å²) in [4.78, 5) is 16.4. The number of hydrogen-bond acceptors (Lipinski definition) is 6. The lowest BCUT2D eigenvalue weighted by atomic mass is 10.2. The molecule has 5 nitrogen and oxygen atoms in total. The van der Waals surface area contributed by atoms with E-state index in [9.17, 15) is 4.79 Å². The molecule has 1 aliphatic heterocycles. The van der Waals surface area contributed by atoms with Gasteiger partial charge in [-0.1, -0.05) is 11.8 Å². The van der Waals surface area contributed by atoms with Gasteiger partial charge in [0.15, 0.2) is 5.78 Å². The lowest BCUT2D eigenvalue weighted by molar-refractivity contribution is -0.113. The van der Waals surface area contributed by atoms with E-state index in [1.54, 1.807) is 31.8 Å². The number of allylic oxidation sites excluding steroid dienone is 1. The molecule has 0 radical (unpaired) electrons. The van der Waals surface area contributed by atoms with Crippen LogP contribution in [0.1, 0.15) is 12.5 Å². The quantitative estimate of drug-likeness (QED) is 0.650. The molecule has 0 bridgehead atoms. The first-order chi connectivity index (χ1) is 9.17. The average molecular weight is 275 g/mol. The molecule has 1 aromatic rings. The predicted octanol–water partition coefficient (Wildman–Crippen LogP) is 2.18. The number of rotatable bonds is 4. The molecule has 0 saturated heterocycles. The van der Waals surface area contributed by atoms with Gasteiger partial charge in [-0.15, -0.1) is 0 Å². The molecule has 1 aromatic heterocycles. The van der Waals surface area contributed by atoms with E-state index in [0.717, 1.165) is 22.4 Å². The second-order valence-corrected chi connectivity index (χ2v) is 4.83. The van der Waals surface area contributed by atoms with Crippen molar-refractivity contribution in [1.29, 1.82) is 5.41 Å². The first-order valence-electron chi connectivity index (χ1n) is 5.56. The van der Waals surface area contributed by atoms with E-state index < -0.39 is 0 Å². The number of Topliss-reactive ketones (excluding diaryl/α,β-unsaturated/α-hetero) is 1. The van der Waals surface area contributed by atoms with Crippen LogP contribution in [-0.4, -0.2) is 24.1 Å². The van der Waals surface area contributed by atoms with Crippen molar-refractivity contribution in [2.24, 2.45) is 0 Å². The van der Waals surface area contributed by atoms with Crippen molar-refractivity contribution in [1.82, 2.24) is 10.3 Å². The van der Waals surface area contributed by atoms with Gasteiger partial charge >= 0.3 is 0 Å². The summed E-state index contributed by atoms with van der Waals surface area (Å²) in [6, 6.07) is 1.78. The van der Waals surface area contributed by atoms with Gasteiger partial charge in [0.25, 0.3) is 0 Å². The summed E-state index contributed by atoms with van der Waals surface area (Å²) >= 11 is 1.39. The molecule has 0 aliphatic carbocycles. The first-order valence-corrected chi connectivity index (χ1v) is 6.37. The molecule has 0 spiro atoms. The van der Waals surface area contributed by atoms with Crippen molar-refractivity contribution in [2.75, 3.05) is 7.11 Å². The molecule has 0 saturated carbocycles. The van der Waals surface area contributed by atoms with E-state index in [1.807, 2.05) is 0 Å². The van der Waals surface area contributed by atoms with E-state index in [4.69, 9.17) is 10.1 Å². The molecule has 98 valence electrons. The molecule has 2 rings (SSSR count). The highest BCUT2D eigenvalue weighted by molar-refractivity contribution is 8.12. The van der Waals surface area contributed by atoms with Crippen LogP contribution in [-0.2, 0) is 4.79 Å². The van der Waals surface area contributed by atoms with Gasteiger partial charge in [0, 0.05) is 29.7 Å². The minimum atomic E-state index is -0.141. The molecule has 6 heteroatoms. The third-order valence-electron chi connectivity index (χ3n) is 2.58. The minimum Gasteiger partial charge on any atom is -0.496 e. The highest BCUT2D eigenvalue weighted by Gasteiger charge is 2.20. The van der Waals surface area contributed by atoms with Crippen molar-refractivity contribution < 1.29 is 9.53 Å². The molecule has 2 heterocycles. The van der Waals surface area contributed by atoms with Crippen LogP contribution in [0, 0.1) is 5.41 Å². The van der Waals surface area contributed by atoms with E-state index in [0.29, 0.717) is 10.6 Å². The normalized spacial score (nSPS) is 16.4. The molecule has 0 amide bonds. The smallest absolute Gasteiger partial charge is 0.163 e. The molecule has 0 fully saturated rings. The number of ether oxygens (including phenoxy) is 1. The summed E-state index contributed by atoms with van der Waals surface area (Å²) < 4.78 is 5.28. The van der Waals surface area contributed by atoms with Crippen LogP contribution in [0.3, 0.4) is 0 Å². The summed E-state index contributed by atoms with van der Waals surface area (Å²) in [5.41, 5.74) is 1.21. The maximum absolute atomic E-state index is 11.4. The second-order valence-electron chi connectivity index (χ2n) is 3.77. The zero-order valence-corrected chi connectivity index (χ0v) is 11.4. The lowest BCUT2D eigenvalue weighted by Gasteiger charge is -2.07. The van der Waals surface area contributed by atoms with Crippen LogP contribution in [0.15, 0.2) is 35.3 Å². The molecule has 2 N–H and O–H groups in total. The predicted molar refractivity (Wildman–Crippen MR) is 76.0 cm³/mol. The average Bonchev–Trinajstić information content (AvgIpc) is 2.88. The van der Waals surface area contributed by atoms with E-state index in [2.05, 4.69) is 10.3 Å². The van der Waals surface area contributed by atoms with Crippen molar-refractivity contribution in [3.05, 3.63) is 40.8 Å². The number of thioether (sulfide) groups is 1. The highest BCUT2D eigenvalue weighted by atomic mass is 32.2. The molecule has 0 unspecified atom stereocenters. The Labute approximate surface area is 115 Å². The molecular weight excluding hydrogens is 262 g/mol. The zero-order chi connectivity index (χ0) is 13.8. The van der Waals surface area contributed by atoms with Crippen LogP contribution in [0.5, 0.6) is 5.75 Å². The number of pyridine rings is 1. The maximum atomic E-state index is 11.4. The number of nitrogens with one attached hydrogen (secondary N) is 2. The molecule has 19 heavy (non-hydrogen) atoms. The number of methoxy groups -OCH3 is 1. The van der Waals surface area contributed by atoms with Crippen LogP contribution in [0.4, 0.5) is 0 Å². The zero-order valence-electron chi connectivity index (χ0n) is 10.6. The Morgan fingerprint density at radius 1 is 1.58 bits per heavy atom. The lowest BCUT2D eigenvalue weighted by Crippen LogP contribution is -2.07. The van der Waals surface area contributed by atoms with E-state index in [1.165, 1.54) is 18.7 Å². The van der Waals surface area contributed by atoms with Gasteiger partial charge in [-0.25, -0.2) is 0 Å². The number of hydrogen-bond donors (Lipinski definition) is 2. The Morgan fingerprint density at radius 2 is 2.37 bits per heavy atom. The summed E-state index contributed by atoms with van der Waals surface area (Å²) in [5.74, 6) is 0.578. The minimum absolute atomic E-state index is 0.141. The number of nitrogens with zero attached hydrogens (tertiary/aromatic N) is 1. The number of carbonyl (C=O) groups excluding carboxylic acids is 1. The third kappa shape index (κ3) is 2.68. The van der Waals surface area contributed by atoms with Gasteiger partial charge in [-0.05, 0) is 13.0 Å². The Bertz CT molecular complexity index is 593. The second kappa shape index (κ2) is 5.71. The number of carbonyl (C=O) groups is 1. The van der Waals surface area contributed by atoms with Gasteiger partial charge in [-0.2, -0.15) is 0 Å². The summed E-state index contributed by atoms with van der Waals surface area (Å²) in [7, 11) is 1.60. The molecule has 0 aromatic carbocycles. The maximum Gasteiger partial charge on any atom is 0.163 e. The van der Waals surface area contributed by atoms with Crippen molar-refractivity contribution in [3.63, 3.8) is 0 Å². The van der Waals surface area contributed by atoms with Gasteiger partial charge in [0.05, 0.1) is 23.3 Å². The highest BCUT2D eigenvalue weighted by Crippen LogP contribution is 2.40. The van der Waals surface area contributed by atoms with Crippen LogP contribution in [0.25, 0.3) is 4.91 Å². The first kappa shape index (κ1) is 13.4. The third-order valence-corrected chi connectivity index (χ3v) is 3.68. The molecule has 1 aliphatic rings. The SMILES string of the molecule is COc1ccncc1C1=CN/C(=C(\C=N)C(C)=O)S1. The van der Waals surface area contributed by atoms with Crippen LogP contribution in [0.2, 0.25) is 0 Å². The Kier molecular flexibility index (Phi) is 4.01. The Hall–Kier alpha value is -2.08. The van der Waals surface area contributed by atoms with Crippen molar-refractivity contribution in [3.8, 4) is 5.75 Å². The summed E-state index contributed by atoms with van der Waals surface area (Å²) in [6.45, 7) is 1.44. The molecular formula is C13H13N3O2S. The summed E-state index contributed by atoms with van der Waals surface area (Å²) in [6.07, 6.45) is 6.21. The monoisotopic (exact) mass is 275 g/mol. The topological polar surface area (TPSA) is 75.1 Å². The van der Waals surface area contributed by atoms with Crippen molar-refractivity contribution >= 4 is 28.7 Å². The largest absolute Gasteiger partial charge is 0.496 e. The summed E-state index contributed by atoms with van der Waals surface area (Å²) in [5, 5.41) is 11.0. The Morgan fingerprint density at radius 3 is 3.00 bits per heavy atom. The Balaban J connectivity index is 2.32. The van der Waals surface area contributed by atoms with E-state index in [-0.39, 0.29) is 5.78 Å². The number of aromatic nitrogens is 1. The van der Waals surface area contributed by atoms with Crippen LogP contribution < -0.4 is 10.1 Å². The fourth-order valence-electron chi connectivity index (χ4n) is 1.64. The van der Waals surface area contributed by atoms with Crippen molar-refractivity contribution in [2.45, 2.75) is 6.92 Å².